The van der Waals surface area contributed by atoms with Gasteiger partial charge in [0.1, 0.15) is 0 Å². The molecule has 2 nitrogen and oxygen atoms in total. The Hall–Kier alpha value is -0.0800. The molecule has 0 aromatic rings. The Morgan fingerprint density at radius 2 is 2.20 bits per heavy atom. The molecule has 10 heavy (non-hydrogen) atoms. The van der Waals surface area contributed by atoms with E-state index in [-0.39, 0.29) is 0 Å². The molecule has 1 aliphatic rings. The predicted octanol–water partition coefficient (Wildman–Crippen LogP) is 1.12. The average Bonchev–Trinajstić information content (AvgIpc) is 2.36. The highest BCUT2D eigenvalue weighted by atomic mass is 16.5. The summed E-state index contributed by atoms with van der Waals surface area (Å²) in [6.45, 7) is 6.31. The molecule has 0 aromatic heterocycles. The molecule has 1 saturated heterocycles. The summed E-state index contributed by atoms with van der Waals surface area (Å²) >= 11 is 0. The first kappa shape index (κ1) is 8.02. The maximum atomic E-state index is 5.29. The number of rotatable bonds is 2. The fourth-order valence-corrected chi connectivity index (χ4v) is 1.26. The average molecular weight is 143 g/mol. The van der Waals surface area contributed by atoms with E-state index in [1.54, 1.807) is 0 Å². The molecule has 0 bridgehead atoms. The summed E-state index contributed by atoms with van der Waals surface area (Å²) in [5.74, 6) is 0. The zero-order valence-corrected chi connectivity index (χ0v) is 7.13. The van der Waals surface area contributed by atoms with E-state index in [4.69, 9.17) is 4.74 Å². The Bertz CT molecular complexity index is 97.4. The molecule has 60 valence electrons. The summed E-state index contributed by atoms with van der Waals surface area (Å²) < 4.78 is 5.29. The molecule has 1 aliphatic heterocycles. The van der Waals surface area contributed by atoms with Crippen molar-refractivity contribution >= 4 is 0 Å². The molecule has 1 fully saturated rings. The SMILES string of the molecule is CC(C)N(C)C1CCOC1. The number of ether oxygens (including phenoxy) is 1. The monoisotopic (exact) mass is 143 g/mol. The summed E-state index contributed by atoms with van der Waals surface area (Å²) in [6, 6.07) is 1.31. The summed E-state index contributed by atoms with van der Waals surface area (Å²) in [4.78, 5) is 2.38. The first-order valence-electron chi connectivity index (χ1n) is 4.01. The molecule has 0 aromatic carbocycles. The highest BCUT2D eigenvalue weighted by molar-refractivity contribution is 4.74. The third-order valence-corrected chi connectivity index (χ3v) is 2.30. The van der Waals surface area contributed by atoms with E-state index in [0.29, 0.717) is 12.1 Å². The van der Waals surface area contributed by atoms with Crippen LogP contribution in [0, 0.1) is 0 Å². The van der Waals surface area contributed by atoms with Crippen LogP contribution in [0.4, 0.5) is 0 Å². The third-order valence-electron chi connectivity index (χ3n) is 2.30. The Kier molecular flexibility index (Phi) is 2.69. The Balaban J connectivity index is 2.32. The van der Waals surface area contributed by atoms with E-state index in [1.165, 1.54) is 6.42 Å². The number of nitrogens with zero attached hydrogens (tertiary/aromatic N) is 1. The van der Waals surface area contributed by atoms with Gasteiger partial charge in [-0.2, -0.15) is 0 Å². The first-order valence-corrected chi connectivity index (χ1v) is 4.01. The molecule has 0 radical (unpaired) electrons. The van der Waals surface area contributed by atoms with Crippen molar-refractivity contribution in [2.45, 2.75) is 32.4 Å². The lowest BCUT2D eigenvalue weighted by Crippen LogP contribution is -2.37. The van der Waals surface area contributed by atoms with Crippen molar-refractivity contribution in [1.82, 2.24) is 4.90 Å². The second-order valence-electron chi connectivity index (χ2n) is 3.28. The maximum absolute atomic E-state index is 5.29. The van der Waals surface area contributed by atoms with Crippen LogP contribution >= 0.6 is 0 Å². The molecule has 0 saturated carbocycles. The highest BCUT2D eigenvalue weighted by Gasteiger charge is 2.21. The van der Waals surface area contributed by atoms with Crippen molar-refractivity contribution < 1.29 is 4.74 Å². The summed E-state index contributed by atoms with van der Waals surface area (Å²) in [5, 5.41) is 0. The van der Waals surface area contributed by atoms with E-state index in [9.17, 15) is 0 Å². The largest absolute Gasteiger partial charge is 0.380 e. The first-order chi connectivity index (χ1) is 4.72. The van der Waals surface area contributed by atoms with Crippen molar-refractivity contribution in [2.24, 2.45) is 0 Å². The summed E-state index contributed by atoms with van der Waals surface area (Å²) in [5.41, 5.74) is 0. The minimum absolute atomic E-state index is 0.645. The van der Waals surface area contributed by atoms with Gasteiger partial charge in [0.15, 0.2) is 0 Å². The van der Waals surface area contributed by atoms with E-state index in [0.717, 1.165) is 13.2 Å². The van der Waals surface area contributed by atoms with Crippen LogP contribution in [-0.4, -0.2) is 37.2 Å². The number of likely N-dealkylation sites (N-methyl/N-ethyl adjacent to an activating group) is 1. The van der Waals surface area contributed by atoms with Gasteiger partial charge in [-0.1, -0.05) is 0 Å². The topological polar surface area (TPSA) is 12.5 Å². The molecule has 0 N–H and O–H groups in total. The van der Waals surface area contributed by atoms with Crippen LogP contribution in [0.1, 0.15) is 20.3 Å². The van der Waals surface area contributed by atoms with Gasteiger partial charge in [-0.05, 0) is 27.3 Å². The standard InChI is InChI=1S/C8H17NO/c1-7(2)9(3)8-4-5-10-6-8/h7-8H,4-6H2,1-3H3. The van der Waals surface area contributed by atoms with Crippen molar-refractivity contribution in [3.8, 4) is 0 Å². The fraction of sp³-hybridized carbons (Fsp3) is 1.00. The van der Waals surface area contributed by atoms with E-state index in [2.05, 4.69) is 25.8 Å². The molecule has 1 rings (SSSR count). The Morgan fingerprint density at radius 3 is 2.60 bits per heavy atom. The van der Waals surface area contributed by atoms with Gasteiger partial charge in [0.05, 0.1) is 6.61 Å². The highest BCUT2D eigenvalue weighted by Crippen LogP contribution is 2.12. The Labute approximate surface area is 63.2 Å². The van der Waals surface area contributed by atoms with Crippen LogP contribution in [0.25, 0.3) is 0 Å². The minimum Gasteiger partial charge on any atom is -0.380 e. The number of hydrogen-bond donors (Lipinski definition) is 0. The van der Waals surface area contributed by atoms with Crippen molar-refractivity contribution in [2.75, 3.05) is 20.3 Å². The van der Waals surface area contributed by atoms with Gasteiger partial charge in [-0.25, -0.2) is 0 Å². The maximum Gasteiger partial charge on any atom is 0.0622 e. The summed E-state index contributed by atoms with van der Waals surface area (Å²) in [6.07, 6.45) is 1.20. The van der Waals surface area contributed by atoms with Gasteiger partial charge < -0.3 is 4.74 Å². The van der Waals surface area contributed by atoms with Crippen LogP contribution in [-0.2, 0) is 4.74 Å². The van der Waals surface area contributed by atoms with E-state index < -0.39 is 0 Å². The third kappa shape index (κ3) is 1.70. The molecular weight excluding hydrogens is 126 g/mol. The number of hydrogen-bond acceptors (Lipinski definition) is 2. The van der Waals surface area contributed by atoms with Crippen LogP contribution in [0.3, 0.4) is 0 Å². The molecule has 1 atom stereocenters. The molecule has 1 unspecified atom stereocenters. The van der Waals surface area contributed by atoms with Gasteiger partial charge >= 0.3 is 0 Å². The quantitative estimate of drug-likeness (QED) is 0.574. The zero-order valence-electron chi connectivity index (χ0n) is 7.13. The molecule has 2 heteroatoms. The molecular formula is C8H17NO. The lowest BCUT2D eigenvalue weighted by Gasteiger charge is -2.26. The second kappa shape index (κ2) is 3.35. The normalized spacial score (nSPS) is 26.7. The lowest BCUT2D eigenvalue weighted by molar-refractivity contribution is 0.143. The van der Waals surface area contributed by atoms with Crippen molar-refractivity contribution in [1.29, 1.82) is 0 Å². The van der Waals surface area contributed by atoms with Gasteiger partial charge in [-0.3, -0.25) is 4.90 Å². The van der Waals surface area contributed by atoms with Crippen molar-refractivity contribution in [3.63, 3.8) is 0 Å². The van der Waals surface area contributed by atoms with Crippen LogP contribution in [0.5, 0.6) is 0 Å². The molecule has 0 aliphatic carbocycles. The Morgan fingerprint density at radius 1 is 1.50 bits per heavy atom. The summed E-state index contributed by atoms with van der Waals surface area (Å²) in [7, 11) is 2.17. The van der Waals surface area contributed by atoms with Crippen LogP contribution < -0.4 is 0 Å². The van der Waals surface area contributed by atoms with Gasteiger partial charge in [0.25, 0.3) is 0 Å². The van der Waals surface area contributed by atoms with E-state index in [1.807, 2.05) is 0 Å². The fourth-order valence-electron chi connectivity index (χ4n) is 1.26. The van der Waals surface area contributed by atoms with Crippen LogP contribution in [0.15, 0.2) is 0 Å². The second-order valence-corrected chi connectivity index (χ2v) is 3.28. The van der Waals surface area contributed by atoms with Gasteiger partial charge in [-0.15, -0.1) is 0 Å². The predicted molar refractivity (Wildman–Crippen MR) is 42.1 cm³/mol. The lowest BCUT2D eigenvalue weighted by atomic mass is 10.2. The smallest absolute Gasteiger partial charge is 0.0622 e. The van der Waals surface area contributed by atoms with E-state index >= 15 is 0 Å². The van der Waals surface area contributed by atoms with Crippen molar-refractivity contribution in [3.05, 3.63) is 0 Å². The molecule has 0 spiro atoms. The molecule has 0 amide bonds. The zero-order chi connectivity index (χ0) is 7.56. The van der Waals surface area contributed by atoms with Gasteiger partial charge in [0.2, 0.25) is 0 Å². The van der Waals surface area contributed by atoms with Gasteiger partial charge in [0, 0.05) is 18.7 Å². The minimum atomic E-state index is 0.645. The van der Waals surface area contributed by atoms with Crippen LogP contribution in [0.2, 0.25) is 0 Å². The molecule has 1 heterocycles.